The molecule has 10 heteroatoms. The molecule has 0 radical (unpaired) electrons. The Hall–Kier alpha value is -3.66. The molecule has 2 heterocycles. The molecule has 2 N–H and O–H groups in total. The number of nitrogens with zero attached hydrogens (tertiary/aromatic N) is 5. The van der Waals surface area contributed by atoms with Gasteiger partial charge >= 0.3 is 6.18 Å². The molecule has 0 saturated carbocycles. The maximum absolute atomic E-state index is 12.8. The lowest BCUT2D eigenvalue weighted by Gasteiger charge is -2.34. The molecule has 0 bridgehead atoms. The summed E-state index contributed by atoms with van der Waals surface area (Å²) >= 11 is 0. The Bertz CT molecular complexity index is 1170. The van der Waals surface area contributed by atoms with Gasteiger partial charge in [0.15, 0.2) is 5.82 Å². The molecule has 1 fully saturated rings. The van der Waals surface area contributed by atoms with Gasteiger partial charge in [0.05, 0.1) is 11.8 Å². The first kappa shape index (κ1) is 25.4. The third kappa shape index (κ3) is 6.72. The third-order valence-electron chi connectivity index (χ3n) is 5.78. The van der Waals surface area contributed by atoms with Crippen LogP contribution in [0.15, 0.2) is 59.7 Å². The molecule has 1 aromatic heterocycles. The lowest BCUT2D eigenvalue weighted by atomic mass is 10.1. The summed E-state index contributed by atoms with van der Waals surface area (Å²) in [5, 5.41) is 6.48. The molecule has 0 unspecified atom stereocenters. The van der Waals surface area contributed by atoms with Gasteiger partial charge in [0.2, 0.25) is 5.95 Å². The first-order valence-corrected chi connectivity index (χ1v) is 11.8. The van der Waals surface area contributed by atoms with Gasteiger partial charge < -0.3 is 20.4 Å². The maximum Gasteiger partial charge on any atom is 0.416 e. The molecule has 0 amide bonds. The van der Waals surface area contributed by atoms with Crippen LogP contribution in [0.4, 0.5) is 42.0 Å². The monoisotopic (exact) mass is 497 g/mol. The third-order valence-corrected chi connectivity index (χ3v) is 5.78. The first-order valence-electron chi connectivity index (χ1n) is 11.8. The Kier molecular flexibility index (Phi) is 7.73. The molecule has 3 aromatic rings. The Morgan fingerprint density at radius 1 is 0.972 bits per heavy atom. The average molecular weight is 498 g/mol. The molecule has 4 rings (SSSR count). The van der Waals surface area contributed by atoms with Gasteiger partial charge in [0.1, 0.15) is 5.69 Å². The second-order valence-electron chi connectivity index (χ2n) is 9.07. The van der Waals surface area contributed by atoms with Gasteiger partial charge in [-0.25, -0.2) is 4.98 Å². The van der Waals surface area contributed by atoms with Crippen molar-refractivity contribution in [2.75, 3.05) is 48.8 Å². The summed E-state index contributed by atoms with van der Waals surface area (Å²) in [6, 6.07) is 13.1. The number of aliphatic imine (C=N–C) groups is 1. The van der Waals surface area contributed by atoms with Crippen LogP contribution in [0.3, 0.4) is 0 Å². The van der Waals surface area contributed by atoms with Crippen LogP contribution >= 0.6 is 0 Å². The number of piperazine rings is 1. The van der Waals surface area contributed by atoms with Crippen LogP contribution in [0.2, 0.25) is 0 Å². The highest BCUT2D eigenvalue weighted by atomic mass is 19.4. The fourth-order valence-corrected chi connectivity index (χ4v) is 3.76. The van der Waals surface area contributed by atoms with E-state index in [4.69, 9.17) is 0 Å². The fraction of sp³-hybridized carbons (Fsp3) is 0.346. The predicted molar refractivity (Wildman–Crippen MR) is 139 cm³/mol. The van der Waals surface area contributed by atoms with Gasteiger partial charge in [0, 0.05) is 49.8 Å². The predicted octanol–water partition coefficient (Wildman–Crippen LogP) is 5.56. The number of alkyl halides is 3. The van der Waals surface area contributed by atoms with Crippen LogP contribution in [0.5, 0.6) is 0 Å². The van der Waals surface area contributed by atoms with Crippen molar-refractivity contribution in [3.8, 4) is 0 Å². The van der Waals surface area contributed by atoms with Gasteiger partial charge in [-0.1, -0.05) is 12.1 Å². The van der Waals surface area contributed by atoms with Gasteiger partial charge in [-0.15, -0.1) is 0 Å². The van der Waals surface area contributed by atoms with Gasteiger partial charge in [0.25, 0.3) is 0 Å². The summed E-state index contributed by atoms with van der Waals surface area (Å²) in [6.45, 7) is 8.07. The van der Waals surface area contributed by atoms with E-state index in [2.05, 4.69) is 54.6 Å². The van der Waals surface area contributed by atoms with Crippen molar-refractivity contribution in [3.63, 3.8) is 0 Å². The first-order chi connectivity index (χ1) is 17.2. The highest BCUT2D eigenvalue weighted by molar-refractivity contribution is 5.83. The minimum Gasteiger partial charge on any atom is -0.369 e. The van der Waals surface area contributed by atoms with E-state index in [-0.39, 0.29) is 6.04 Å². The average Bonchev–Trinajstić information content (AvgIpc) is 2.84. The number of rotatable bonds is 7. The van der Waals surface area contributed by atoms with E-state index in [0.29, 0.717) is 23.0 Å². The van der Waals surface area contributed by atoms with Crippen LogP contribution in [-0.2, 0) is 6.18 Å². The number of aromatic nitrogens is 2. The van der Waals surface area contributed by atoms with Crippen LogP contribution in [0, 0.1) is 0 Å². The van der Waals surface area contributed by atoms with Crippen molar-refractivity contribution in [1.29, 1.82) is 0 Å². The van der Waals surface area contributed by atoms with Crippen LogP contribution in [0.25, 0.3) is 0 Å². The molecular weight excluding hydrogens is 467 g/mol. The Labute approximate surface area is 209 Å². The van der Waals surface area contributed by atoms with E-state index in [1.54, 1.807) is 6.20 Å². The van der Waals surface area contributed by atoms with E-state index in [1.807, 2.05) is 26.0 Å². The van der Waals surface area contributed by atoms with Crippen molar-refractivity contribution < 1.29 is 13.2 Å². The van der Waals surface area contributed by atoms with Crippen molar-refractivity contribution >= 4 is 35.0 Å². The second-order valence-corrected chi connectivity index (χ2v) is 9.07. The van der Waals surface area contributed by atoms with Crippen LogP contribution < -0.4 is 15.5 Å². The number of anilines is 4. The van der Waals surface area contributed by atoms with E-state index in [9.17, 15) is 13.2 Å². The van der Waals surface area contributed by atoms with E-state index < -0.39 is 11.7 Å². The van der Waals surface area contributed by atoms with Crippen LogP contribution in [0.1, 0.15) is 25.0 Å². The lowest BCUT2D eigenvalue weighted by molar-refractivity contribution is -0.137. The highest BCUT2D eigenvalue weighted by Crippen LogP contribution is 2.29. The minimum absolute atomic E-state index is 0.0932. The molecule has 1 saturated heterocycles. The molecule has 36 heavy (non-hydrogen) atoms. The Morgan fingerprint density at radius 2 is 1.64 bits per heavy atom. The molecule has 0 atom stereocenters. The normalized spacial score (nSPS) is 15.0. The van der Waals surface area contributed by atoms with Gasteiger partial charge in [-0.3, -0.25) is 4.99 Å². The smallest absolute Gasteiger partial charge is 0.369 e. The van der Waals surface area contributed by atoms with Gasteiger partial charge in [-0.05, 0) is 62.9 Å². The summed E-state index contributed by atoms with van der Waals surface area (Å²) in [6.07, 6.45) is -1.29. The quantitative estimate of drug-likeness (QED) is 0.417. The fourth-order valence-electron chi connectivity index (χ4n) is 3.76. The SMILES string of the molecule is CC(C)Nc1nc(Nc2ccc(N3CCN(C)CC3)cc2)ncc1N=Cc1ccc(C(F)(F)F)cc1. The maximum atomic E-state index is 12.8. The number of likely N-dealkylation sites (N-methyl/N-ethyl adjacent to an activating group) is 1. The number of nitrogens with one attached hydrogen (secondary N) is 2. The Morgan fingerprint density at radius 3 is 2.25 bits per heavy atom. The molecule has 190 valence electrons. The van der Waals surface area contributed by atoms with Crippen molar-refractivity contribution in [2.45, 2.75) is 26.1 Å². The largest absolute Gasteiger partial charge is 0.416 e. The summed E-state index contributed by atoms with van der Waals surface area (Å²) in [5.74, 6) is 0.943. The minimum atomic E-state index is -4.37. The highest BCUT2D eigenvalue weighted by Gasteiger charge is 2.29. The topological polar surface area (TPSA) is 68.7 Å². The number of hydrogen-bond acceptors (Lipinski definition) is 7. The van der Waals surface area contributed by atoms with E-state index in [1.165, 1.54) is 24.0 Å². The molecule has 1 aliphatic rings. The summed E-state index contributed by atoms with van der Waals surface area (Å²) in [5.41, 5.74) is 2.38. The number of benzene rings is 2. The number of halogens is 3. The lowest BCUT2D eigenvalue weighted by Crippen LogP contribution is -2.44. The van der Waals surface area contributed by atoms with Gasteiger partial charge in [-0.2, -0.15) is 18.2 Å². The summed E-state index contributed by atoms with van der Waals surface area (Å²) < 4.78 is 38.4. The standard InChI is InChI=1S/C26H30F3N7/c1-18(2)32-24-23(30-16-19-4-6-20(7-5-19)26(27,28)29)17-31-25(34-24)33-21-8-10-22(11-9-21)36-14-12-35(3)13-15-36/h4-11,16-18H,12-15H2,1-3H3,(H2,31,32,33,34). The molecule has 0 spiro atoms. The zero-order valence-electron chi connectivity index (χ0n) is 20.5. The zero-order chi connectivity index (χ0) is 25.7. The molecule has 1 aliphatic heterocycles. The van der Waals surface area contributed by atoms with Crippen LogP contribution in [-0.4, -0.2) is 60.4 Å². The summed E-state index contributed by atoms with van der Waals surface area (Å²) in [7, 11) is 2.14. The Balaban J connectivity index is 1.47. The molecule has 2 aromatic carbocycles. The molecule has 7 nitrogen and oxygen atoms in total. The zero-order valence-corrected chi connectivity index (χ0v) is 20.5. The number of hydrogen-bond donors (Lipinski definition) is 2. The van der Waals surface area contributed by atoms with Crippen molar-refractivity contribution in [3.05, 3.63) is 65.9 Å². The summed E-state index contributed by atoms with van der Waals surface area (Å²) in [4.78, 5) is 18.1. The van der Waals surface area contributed by atoms with Crippen molar-refractivity contribution in [2.24, 2.45) is 4.99 Å². The molecule has 0 aliphatic carbocycles. The van der Waals surface area contributed by atoms with E-state index >= 15 is 0 Å². The van der Waals surface area contributed by atoms with E-state index in [0.717, 1.165) is 44.0 Å². The second kappa shape index (κ2) is 10.9. The van der Waals surface area contributed by atoms with Crippen molar-refractivity contribution in [1.82, 2.24) is 14.9 Å². The molecular formula is C26H30F3N7.